The largest absolute Gasteiger partial charge is 0.374 e. The molecule has 0 bridgehead atoms. The summed E-state index contributed by atoms with van der Waals surface area (Å²) in [6, 6.07) is 0. The maximum absolute atomic E-state index is 4.14. The van der Waals surface area contributed by atoms with Gasteiger partial charge in [0.2, 0.25) is 0 Å². The van der Waals surface area contributed by atoms with Crippen LogP contribution in [0.3, 0.4) is 0 Å². The lowest BCUT2D eigenvalue weighted by Gasteiger charge is -2.08. The van der Waals surface area contributed by atoms with Crippen LogP contribution in [-0.2, 0) is 0 Å². The smallest absolute Gasteiger partial charge is 0.0933 e. The Balaban J connectivity index is 0.000000132. The summed E-state index contributed by atoms with van der Waals surface area (Å²) in [5, 5.41) is 6.20. The first-order valence-electron chi connectivity index (χ1n) is 4.79. The van der Waals surface area contributed by atoms with E-state index in [-0.39, 0.29) is 0 Å². The van der Waals surface area contributed by atoms with E-state index in [0.29, 0.717) is 0 Å². The van der Waals surface area contributed by atoms with Gasteiger partial charge in [0.15, 0.2) is 0 Å². The van der Waals surface area contributed by atoms with E-state index < -0.39 is 0 Å². The molecule has 0 unspecified atom stereocenters. The van der Waals surface area contributed by atoms with Crippen molar-refractivity contribution in [3.63, 3.8) is 0 Å². The van der Waals surface area contributed by atoms with Crippen molar-refractivity contribution in [2.24, 2.45) is 9.98 Å². The Morgan fingerprint density at radius 3 is 1.77 bits per heavy atom. The highest BCUT2D eigenvalue weighted by Gasteiger charge is 1.94. The van der Waals surface area contributed by atoms with Gasteiger partial charge in [0.05, 0.1) is 18.2 Å². The van der Waals surface area contributed by atoms with E-state index in [1.807, 2.05) is 13.8 Å². The molecule has 0 aromatic carbocycles. The molecule has 2 aliphatic heterocycles. The molecule has 0 aliphatic carbocycles. The van der Waals surface area contributed by atoms with Gasteiger partial charge < -0.3 is 10.6 Å². The highest BCUT2D eigenvalue weighted by atomic mass is 15.1. The highest BCUT2D eigenvalue weighted by molar-refractivity contribution is 5.80. The van der Waals surface area contributed by atoms with Gasteiger partial charge in [-0.15, -0.1) is 0 Å². The third-order valence-electron chi connectivity index (χ3n) is 1.91. The van der Waals surface area contributed by atoms with Gasteiger partial charge in [-0.1, -0.05) is 0 Å². The zero-order valence-corrected chi connectivity index (χ0v) is 8.43. The number of hydrogen-bond donors (Lipinski definition) is 2. The topological polar surface area (TPSA) is 48.8 Å². The lowest BCUT2D eigenvalue weighted by Crippen LogP contribution is -2.26. The Morgan fingerprint density at radius 1 is 0.923 bits per heavy atom. The van der Waals surface area contributed by atoms with Crippen LogP contribution >= 0.6 is 0 Å². The molecule has 0 atom stereocenters. The summed E-state index contributed by atoms with van der Waals surface area (Å²) in [7, 11) is 0. The molecular formula is C9H18N4. The summed E-state index contributed by atoms with van der Waals surface area (Å²) in [6.07, 6.45) is 1.19. The maximum atomic E-state index is 4.14. The number of rotatable bonds is 0. The zero-order chi connectivity index (χ0) is 9.52. The van der Waals surface area contributed by atoms with E-state index in [9.17, 15) is 0 Å². The Bertz CT molecular complexity index is 208. The molecule has 0 aromatic heterocycles. The van der Waals surface area contributed by atoms with E-state index >= 15 is 0 Å². The second kappa shape index (κ2) is 5.56. The van der Waals surface area contributed by atoms with Crippen molar-refractivity contribution in [1.29, 1.82) is 0 Å². The average molecular weight is 182 g/mol. The highest BCUT2D eigenvalue weighted by Crippen LogP contribution is 1.86. The van der Waals surface area contributed by atoms with Gasteiger partial charge in [-0.3, -0.25) is 9.98 Å². The predicted octanol–water partition coefficient (Wildman–Crippen LogP) is 0.406. The molecule has 0 radical (unpaired) electrons. The lowest BCUT2D eigenvalue weighted by molar-refractivity contribution is 0.739. The average Bonchev–Trinajstić information content (AvgIpc) is 2.58. The molecule has 2 N–H and O–H groups in total. The first-order valence-corrected chi connectivity index (χ1v) is 4.79. The summed E-state index contributed by atoms with van der Waals surface area (Å²) < 4.78 is 0. The molecule has 2 heterocycles. The van der Waals surface area contributed by atoms with E-state index in [4.69, 9.17) is 0 Å². The second-order valence-corrected chi connectivity index (χ2v) is 3.14. The van der Waals surface area contributed by atoms with Crippen LogP contribution in [0, 0.1) is 0 Å². The van der Waals surface area contributed by atoms with Crippen LogP contribution in [-0.4, -0.2) is 37.9 Å². The van der Waals surface area contributed by atoms with Gasteiger partial charge in [0.1, 0.15) is 0 Å². The lowest BCUT2D eigenvalue weighted by atomic mass is 10.4. The standard InChI is InChI=1S/C5H10N2.C4H8N2/c1-5-6-3-2-4-7-5;1-4-5-2-3-6-4/h2-4H2,1H3,(H,6,7);2-3H2,1H3,(H,5,6). The molecule has 0 amide bonds. The van der Waals surface area contributed by atoms with Crippen LogP contribution in [0.4, 0.5) is 0 Å². The van der Waals surface area contributed by atoms with Crippen LogP contribution in [0.1, 0.15) is 20.3 Å². The third-order valence-corrected chi connectivity index (χ3v) is 1.91. The Hall–Kier alpha value is -1.06. The predicted molar refractivity (Wildman–Crippen MR) is 56.6 cm³/mol. The van der Waals surface area contributed by atoms with Gasteiger partial charge in [0.25, 0.3) is 0 Å². The molecule has 13 heavy (non-hydrogen) atoms. The fourth-order valence-electron chi connectivity index (χ4n) is 1.17. The first kappa shape index (κ1) is 10.0. The quantitative estimate of drug-likeness (QED) is 0.570. The van der Waals surface area contributed by atoms with Crippen molar-refractivity contribution in [2.75, 3.05) is 26.2 Å². The monoisotopic (exact) mass is 182 g/mol. The molecule has 0 aromatic rings. The summed E-state index contributed by atoms with van der Waals surface area (Å²) >= 11 is 0. The summed E-state index contributed by atoms with van der Waals surface area (Å²) in [5.74, 6) is 2.17. The number of nitrogens with zero attached hydrogens (tertiary/aromatic N) is 2. The molecule has 0 fully saturated rings. The molecule has 0 spiro atoms. The summed E-state index contributed by atoms with van der Waals surface area (Å²) in [4.78, 5) is 8.18. The molecule has 4 heteroatoms. The summed E-state index contributed by atoms with van der Waals surface area (Å²) in [6.45, 7) is 8.10. The molecule has 2 aliphatic rings. The maximum Gasteiger partial charge on any atom is 0.0933 e. The number of nitrogens with one attached hydrogen (secondary N) is 2. The van der Waals surface area contributed by atoms with E-state index in [1.165, 1.54) is 6.42 Å². The van der Waals surface area contributed by atoms with Crippen molar-refractivity contribution in [3.8, 4) is 0 Å². The van der Waals surface area contributed by atoms with Gasteiger partial charge >= 0.3 is 0 Å². The molecule has 4 nitrogen and oxygen atoms in total. The Labute approximate surface area is 79.5 Å². The summed E-state index contributed by atoms with van der Waals surface area (Å²) in [5.41, 5.74) is 0. The van der Waals surface area contributed by atoms with Crippen molar-refractivity contribution in [3.05, 3.63) is 0 Å². The fourth-order valence-corrected chi connectivity index (χ4v) is 1.17. The van der Waals surface area contributed by atoms with Crippen LogP contribution in [0.2, 0.25) is 0 Å². The third kappa shape index (κ3) is 4.50. The van der Waals surface area contributed by atoms with Crippen LogP contribution in [0.5, 0.6) is 0 Å². The number of hydrogen-bond acceptors (Lipinski definition) is 4. The van der Waals surface area contributed by atoms with Crippen LogP contribution in [0.25, 0.3) is 0 Å². The van der Waals surface area contributed by atoms with Crippen molar-refractivity contribution >= 4 is 11.7 Å². The van der Waals surface area contributed by atoms with Crippen LogP contribution < -0.4 is 10.6 Å². The van der Waals surface area contributed by atoms with E-state index in [0.717, 1.165) is 37.9 Å². The van der Waals surface area contributed by atoms with Gasteiger partial charge in [-0.25, -0.2) is 0 Å². The van der Waals surface area contributed by atoms with Gasteiger partial charge in [-0.05, 0) is 20.3 Å². The first-order chi connectivity index (χ1) is 6.29. The molecule has 0 saturated carbocycles. The van der Waals surface area contributed by atoms with Crippen molar-refractivity contribution in [2.45, 2.75) is 20.3 Å². The minimum atomic E-state index is 0.964. The number of aliphatic imine (C=N–C) groups is 2. The molecule has 2 rings (SSSR count). The second-order valence-electron chi connectivity index (χ2n) is 3.14. The normalized spacial score (nSPS) is 20.2. The van der Waals surface area contributed by atoms with Crippen LogP contribution in [0.15, 0.2) is 9.98 Å². The molecule has 74 valence electrons. The van der Waals surface area contributed by atoms with E-state index in [1.54, 1.807) is 0 Å². The minimum absolute atomic E-state index is 0.964. The Morgan fingerprint density at radius 2 is 1.54 bits per heavy atom. The number of amidine groups is 2. The molecular weight excluding hydrogens is 164 g/mol. The SMILES string of the molecule is CC1=NCCCN1.CC1=NCCN1. The van der Waals surface area contributed by atoms with Gasteiger partial charge in [-0.2, -0.15) is 0 Å². The Kier molecular flexibility index (Phi) is 4.29. The fraction of sp³-hybridized carbons (Fsp3) is 0.778. The van der Waals surface area contributed by atoms with Gasteiger partial charge in [0, 0.05) is 19.6 Å². The minimum Gasteiger partial charge on any atom is -0.374 e. The van der Waals surface area contributed by atoms with Crippen molar-refractivity contribution < 1.29 is 0 Å². The van der Waals surface area contributed by atoms with Crippen molar-refractivity contribution in [1.82, 2.24) is 10.6 Å². The zero-order valence-electron chi connectivity index (χ0n) is 8.43. The van der Waals surface area contributed by atoms with E-state index in [2.05, 4.69) is 20.6 Å². The molecule has 0 saturated heterocycles.